The Kier molecular flexibility index (Phi) is 3.84. The first-order chi connectivity index (χ1) is 6.99. The summed E-state index contributed by atoms with van der Waals surface area (Å²) in [6.45, 7) is 6.36. The van der Waals surface area contributed by atoms with Crippen molar-refractivity contribution in [3.8, 4) is 0 Å². The maximum absolute atomic E-state index is 11.7. The SMILES string of the molecule is CC(C)(C)/C=C/CC(=O)c1ccccc1. The molecule has 0 unspecified atom stereocenters. The Morgan fingerprint density at radius 2 is 1.80 bits per heavy atom. The Balaban J connectivity index is 2.55. The fraction of sp³-hybridized carbons (Fsp3) is 0.357. The number of hydrogen-bond donors (Lipinski definition) is 0. The second-order valence-electron chi connectivity index (χ2n) is 4.76. The van der Waals surface area contributed by atoms with Gasteiger partial charge in [-0.25, -0.2) is 0 Å². The molecule has 0 aliphatic rings. The van der Waals surface area contributed by atoms with Crippen molar-refractivity contribution in [2.75, 3.05) is 0 Å². The van der Waals surface area contributed by atoms with E-state index in [9.17, 15) is 4.79 Å². The lowest BCUT2D eigenvalue weighted by Crippen LogP contribution is -2.00. The van der Waals surface area contributed by atoms with E-state index in [0.717, 1.165) is 5.56 Å². The minimum Gasteiger partial charge on any atom is -0.294 e. The molecule has 1 rings (SSSR count). The minimum absolute atomic E-state index is 0.150. The van der Waals surface area contributed by atoms with Gasteiger partial charge in [-0.05, 0) is 5.41 Å². The van der Waals surface area contributed by atoms with Crippen molar-refractivity contribution in [1.82, 2.24) is 0 Å². The normalized spacial score (nSPS) is 11.9. The molecule has 0 aliphatic heterocycles. The Morgan fingerprint density at radius 1 is 1.20 bits per heavy atom. The van der Waals surface area contributed by atoms with E-state index in [0.29, 0.717) is 6.42 Å². The van der Waals surface area contributed by atoms with Gasteiger partial charge >= 0.3 is 0 Å². The molecule has 1 aromatic carbocycles. The van der Waals surface area contributed by atoms with Crippen LogP contribution in [0.4, 0.5) is 0 Å². The molecule has 0 amide bonds. The molecule has 0 N–H and O–H groups in total. The highest BCUT2D eigenvalue weighted by Crippen LogP contribution is 2.15. The summed E-state index contributed by atoms with van der Waals surface area (Å²) < 4.78 is 0. The number of carbonyl (C=O) groups excluding carboxylic acids is 1. The van der Waals surface area contributed by atoms with Gasteiger partial charge in [-0.2, -0.15) is 0 Å². The van der Waals surface area contributed by atoms with Crippen LogP contribution in [0.5, 0.6) is 0 Å². The number of hydrogen-bond acceptors (Lipinski definition) is 1. The lowest BCUT2D eigenvalue weighted by atomic mass is 9.95. The van der Waals surface area contributed by atoms with Gasteiger partial charge in [0, 0.05) is 12.0 Å². The van der Waals surface area contributed by atoms with Crippen molar-refractivity contribution in [3.05, 3.63) is 48.0 Å². The van der Waals surface area contributed by atoms with Crippen molar-refractivity contribution in [3.63, 3.8) is 0 Å². The van der Waals surface area contributed by atoms with E-state index in [1.807, 2.05) is 36.4 Å². The smallest absolute Gasteiger partial charge is 0.166 e. The molecule has 0 fully saturated rings. The Morgan fingerprint density at radius 3 is 2.33 bits per heavy atom. The predicted molar refractivity (Wildman–Crippen MR) is 64.0 cm³/mol. The zero-order chi connectivity index (χ0) is 11.3. The molecule has 80 valence electrons. The first-order valence-corrected chi connectivity index (χ1v) is 5.25. The highest BCUT2D eigenvalue weighted by Gasteiger charge is 2.05. The second-order valence-corrected chi connectivity index (χ2v) is 4.76. The molecule has 0 spiro atoms. The molecule has 0 heterocycles. The van der Waals surface area contributed by atoms with Crippen LogP contribution in [0.3, 0.4) is 0 Å². The van der Waals surface area contributed by atoms with Crippen LogP contribution in [0, 0.1) is 5.41 Å². The van der Waals surface area contributed by atoms with E-state index < -0.39 is 0 Å². The topological polar surface area (TPSA) is 17.1 Å². The lowest BCUT2D eigenvalue weighted by Gasteiger charge is -2.10. The van der Waals surface area contributed by atoms with Crippen LogP contribution in [0.1, 0.15) is 37.6 Å². The number of ketones is 1. The van der Waals surface area contributed by atoms with Gasteiger partial charge in [0.15, 0.2) is 5.78 Å². The molecule has 0 saturated heterocycles. The fourth-order valence-corrected chi connectivity index (χ4v) is 1.26. The summed E-state index contributed by atoms with van der Waals surface area (Å²) in [7, 11) is 0. The van der Waals surface area contributed by atoms with Crippen LogP contribution in [0.25, 0.3) is 0 Å². The molecule has 0 aromatic heterocycles. The van der Waals surface area contributed by atoms with Crippen molar-refractivity contribution in [2.24, 2.45) is 5.41 Å². The highest BCUT2D eigenvalue weighted by atomic mass is 16.1. The number of allylic oxidation sites excluding steroid dienone is 2. The monoisotopic (exact) mass is 202 g/mol. The average molecular weight is 202 g/mol. The summed E-state index contributed by atoms with van der Waals surface area (Å²) in [5, 5.41) is 0. The van der Waals surface area contributed by atoms with Gasteiger partial charge in [0.1, 0.15) is 0 Å². The third-order valence-corrected chi connectivity index (χ3v) is 2.02. The van der Waals surface area contributed by atoms with Crippen molar-refractivity contribution in [1.29, 1.82) is 0 Å². The molecule has 1 nitrogen and oxygen atoms in total. The molecule has 0 bridgehead atoms. The number of carbonyl (C=O) groups is 1. The summed E-state index contributed by atoms with van der Waals surface area (Å²) in [5.74, 6) is 0.177. The van der Waals surface area contributed by atoms with Crippen LogP contribution in [0.15, 0.2) is 42.5 Å². The fourth-order valence-electron chi connectivity index (χ4n) is 1.26. The zero-order valence-corrected chi connectivity index (χ0v) is 9.66. The summed E-state index contributed by atoms with van der Waals surface area (Å²) in [5.41, 5.74) is 0.938. The molecule has 1 heteroatoms. The second kappa shape index (κ2) is 4.92. The summed E-state index contributed by atoms with van der Waals surface area (Å²) in [6.07, 6.45) is 4.52. The standard InChI is InChI=1S/C14H18O/c1-14(2,3)11-7-10-13(15)12-8-5-4-6-9-12/h4-9,11H,10H2,1-3H3/b11-7+. The quantitative estimate of drug-likeness (QED) is 0.537. The number of rotatable bonds is 3. The third kappa shape index (κ3) is 4.59. The van der Waals surface area contributed by atoms with Crippen molar-refractivity contribution < 1.29 is 4.79 Å². The molecule has 0 aliphatic carbocycles. The van der Waals surface area contributed by atoms with Gasteiger partial charge in [-0.15, -0.1) is 0 Å². The van der Waals surface area contributed by atoms with Crippen molar-refractivity contribution in [2.45, 2.75) is 27.2 Å². The molecule has 0 saturated carbocycles. The molecule has 0 atom stereocenters. The molecule has 1 aromatic rings. The van der Waals surface area contributed by atoms with E-state index in [2.05, 4.69) is 26.8 Å². The van der Waals surface area contributed by atoms with Gasteiger partial charge in [0.2, 0.25) is 0 Å². The van der Waals surface area contributed by atoms with Gasteiger partial charge < -0.3 is 0 Å². The highest BCUT2D eigenvalue weighted by molar-refractivity contribution is 5.96. The van der Waals surface area contributed by atoms with Crippen LogP contribution < -0.4 is 0 Å². The van der Waals surface area contributed by atoms with E-state index >= 15 is 0 Å². The largest absolute Gasteiger partial charge is 0.294 e. The third-order valence-electron chi connectivity index (χ3n) is 2.02. The molecule has 15 heavy (non-hydrogen) atoms. The molecular weight excluding hydrogens is 184 g/mol. The first kappa shape index (κ1) is 11.7. The van der Waals surface area contributed by atoms with Gasteiger partial charge in [-0.3, -0.25) is 4.79 Å². The van der Waals surface area contributed by atoms with E-state index in [1.54, 1.807) is 0 Å². The summed E-state index contributed by atoms with van der Waals surface area (Å²) in [4.78, 5) is 11.7. The van der Waals surface area contributed by atoms with Gasteiger partial charge in [0.25, 0.3) is 0 Å². The van der Waals surface area contributed by atoms with E-state index in [-0.39, 0.29) is 11.2 Å². The van der Waals surface area contributed by atoms with E-state index in [4.69, 9.17) is 0 Å². The van der Waals surface area contributed by atoms with Gasteiger partial charge in [-0.1, -0.05) is 63.3 Å². The van der Waals surface area contributed by atoms with Gasteiger partial charge in [0.05, 0.1) is 0 Å². The Labute approximate surface area is 91.8 Å². The average Bonchev–Trinajstić information content (AvgIpc) is 2.17. The van der Waals surface area contributed by atoms with Crippen LogP contribution in [-0.4, -0.2) is 5.78 Å². The molecular formula is C14H18O. The maximum atomic E-state index is 11.7. The first-order valence-electron chi connectivity index (χ1n) is 5.25. The Bertz CT molecular complexity index is 341. The summed E-state index contributed by atoms with van der Waals surface area (Å²) >= 11 is 0. The number of Topliss-reactive ketones (excluding diaryl/α,β-unsaturated/α-hetero) is 1. The van der Waals surface area contributed by atoms with Crippen LogP contribution >= 0.6 is 0 Å². The molecule has 0 radical (unpaired) electrons. The zero-order valence-electron chi connectivity index (χ0n) is 9.66. The number of benzene rings is 1. The minimum atomic E-state index is 0.150. The predicted octanol–water partition coefficient (Wildman–Crippen LogP) is 3.86. The van der Waals surface area contributed by atoms with Crippen LogP contribution in [0.2, 0.25) is 0 Å². The summed E-state index contributed by atoms with van der Waals surface area (Å²) in [6, 6.07) is 9.41. The lowest BCUT2D eigenvalue weighted by molar-refractivity contribution is 0.0995. The van der Waals surface area contributed by atoms with E-state index in [1.165, 1.54) is 0 Å². The Hall–Kier alpha value is -1.37. The van der Waals surface area contributed by atoms with Crippen LogP contribution in [-0.2, 0) is 0 Å². The van der Waals surface area contributed by atoms with Crippen molar-refractivity contribution >= 4 is 5.78 Å². The maximum Gasteiger partial charge on any atom is 0.166 e.